The molecule has 24 heavy (non-hydrogen) atoms. The highest BCUT2D eigenvalue weighted by molar-refractivity contribution is 7.89. The zero-order valence-corrected chi connectivity index (χ0v) is 13.5. The van der Waals surface area contributed by atoms with Gasteiger partial charge in [0, 0.05) is 11.6 Å². The van der Waals surface area contributed by atoms with Crippen molar-refractivity contribution in [1.29, 1.82) is 0 Å². The summed E-state index contributed by atoms with van der Waals surface area (Å²) >= 11 is 0. The molecule has 1 aliphatic rings. The van der Waals surface area contributed by atoms with E-state index >= 15 is 0 Å². The molecular weight excluding hydrogens is 345 g/mol. The molecule has 0 saturated carbocycles. The van der Waals surface area contributed by atoms with E-state index in [1.807, 2.05) is 12.2 Å². The van der Waals surface area contributed by atoms with Gasteiger partial charge in [-0.2, -0.15) is 13.2 Å². The zero-order valence-electron chi connectivity index (χ0n) is 12.6. The summed E-state index contributed by atoms with van der Waals surface area (Å²) in [5.74, 6) is -0.294. The molecule has 1 amide bonds. The van der Waals surface area contributed by atoms with Crippen molar-refractivity contribution in [2.75, 3.05) is 11.9 Å². The van der Waals surface area contributed by atoms with E-state index in [0.29, 0.717) is 12.1 Å². The number of halogens is 3. The number of nitrogens with one attached hydrogen (secondary N) is 2. The average molecular weight is 362 g/mol. The van der Waals surface area contributed by atoms with Crippen molar-refractivity contribution in [3.05, 3.63) is 36.4 Å². The molecule has 0 saturated heterocycles. The fourth-order valence-corrected chi connectivity index (χ4v) is 3.27. The Kier molecular flexibility index (Phi) is 5.66. The van der Waals surface area contributed by atoms with Crippen LogP contribution in [0.2, 0.25) is 0 Å². The number of hydrogen-bond acceptors (Lipinski definition) is 3. The molecule has 9 heteroatoms. The largest absolute Gasteiger partial charge is 0.402 e. The van der Waals surface area contributed by atoms with Crippen molar-refractivity contribution in [1.82, 2.24) is 4.72 Å². The van der Waals surface area contributed by atoms with Crippen LogP contribution in [-0.4, -0.2) is 27.0 Å². The predicted molar refractivity (Wildman–Crippen MR) is 82.8 cm³/mol. The van der Waals surface area contributed by atoms with Crippen LogP contribution in [0.25, 0.3) is 0 Å². The predicted octanol–water partition coefficient (Wildman–Crippen LogP) is 2.82. The Morgan fingerprint density at radius 3 is 2.38 bits per heavy atom. The second-order valence-corrected chi connectivity index (χ2v) is 7.20. The molecule has 0 heterocycles. The van der Waals surface area contributed by atoms with Gasteiger partial charge in [0.1, 0.15) is 6.54 Å². The van der Waals surface area contributed by atoms with Crippen LogP contribution in [0.15, 0.2) is 41.3 Å². The smallest absolute Gasteiger partial charge is 0.326 e. The minimum absolute atomic E-state index is 0.133. The summed E-state index contributed by atoms with van der Waals surface area (Å²) < 4.78 is 61.3. The third kappa shape index (κ3) is 5.34. The zero-order chi connectivity index (χ0) is 17.8. The van der Waals surface area contributed by atoms with E-state index in [2.05, 4.69) is 5.32 Å². The molecule has 0 fully saturated rings. The first kappa shape index (κ1) is 18.5. The Balaban J connectivity index is 1.99. The lowest BCUT2D eigenvalue weighted by molar-refractivity contribution is -0.121. The van der Waals surface area contributed by atoms with E-state index in [0.717, 1.165) is 25.0 Å². The number of sulfonamides is 1. The Labute approximate surface area is 138 Å². The highest BCUT2D eigenvalue weighted by atomic mass is 32.2. The quantitative estimate of drug-likeness (QED) is 0.791. The van der Waals surface area contributed by atoms with Crippen molar-refractivity contribution >= 4 is 21.6 Å². The minimum atomic E-state index is -4.63. The van der Waals surface area contributed by atoms with Gasteiger partial charge < -0.3 is 5.32 Å². The molecule has 132 valence electrons. The molecule has 0 spiro atoms. The first-order chi connectivity index (χ1) is 11.2. The SMILES string of the molecule is O=C(Nc1ccc(S(=O)(=O)NCC(F)(F)F)cc1)C1CC=CCC1. The summed E-state index contributed by atoms with van der Waals surface area (Å²) in [4.78, 5) is 11.8. The Bertz CT molecular complexity index is 712. The van der Waals surface area contributed by atoms with Gasteiger partial charge in [-0.25, -0.2) is 13.1 Å². The van der Waals surface area contributed by atoms with Crippen LogP contribution in [0.1, 0.15) is 19.3 Å². The highest BCUT2D eigenvalue weighted by Crippen LogP contribution is 2.21. The van der Waals surface area contributed by atoms with Crippen LogP contribution in [0.4, 0.5) is 18.9 Å². The van der Waals surface area contributed by atoms with Gasteiger partial charge in [-0.15, -0.1) is 0 Å². The van der Waals surface area contributed by atoms with Crippen LogP contribution in [0, 0.1) is 5.92 Å². The minimum Gasteiger partial charge on any atom is -0.326 e. The molecule has 0 radical (unpaired) electrons. The number of rotatable bonds is 5. The number of amides is 1. The maximum Gasteiger partial charge on any atom is 0.402 e. The van der Waals surface area contributed by atoms with Crippen LogP contribution in [0.3, 0.4) is 0 Å². The van der Waals surface area contributed by atoms with E-state index in [4.69, 9.17) is 0 Å². The summed E-state index contributed by atoms with van der Waals surface area (Å²) in [5, 5.41) is 2.68. The summed E-state index contributed by atoms with van der Waals surface area (Å²) in [7, 11) is -4.25. The standard InChI is InChI=1S/C15H17F3N2O3S/c16-15(17,18)10-19-24(22,23)13-8-6-12(7-9-13)20-14(21)11-4-2-1-3-5-11/h1-2,6-9,11,19H,3-5,10H2,(H,20,21). The molecule has 1 atom stereocenters. The maximum atomic E-state index is 12.1. The second kappa shape index (κ2) is 7.35. The van der Waals surface area contributed by atoms with E-state index in [9.17, 15) is 26.4 Å². The summed E-state index contributed by atoms with van der Waals surface area (Å²) in [5.41, 5.74) is 0.393. The average Bonchev–Trinajstić information content (AvgIpc) is 2.54. The highest BCUT2D eigenvalue weighted by Gasteiger charge is 2.30. The molecule has 1 aliphatic carbocycles. The van der Waals surface area contributed by atoms with Gasteiger partial charge in [0.2, 0.25) is 15.9 Å². The van der Waals surface area contributed by atoms with Gasteiger partial charge in [0.05, 0.1) is 4.90 Å². The van der Waals surface area contributed by atoms with Crippen molar-refractivity contribution < 1.29 is 26.4 Å². The lowest BCUT2D eigenvalue weighted by atomic mass is 9.93. The van der Waals surface area contributed by atoms with E-state index in [-0.39, 0.29) is 16.7 Å². The molecule has 0 bridgehead atoms. The molecule has 2 N–H and O–H groups in total. The number of hydrogen-bond donors (Lipinski definition) is 2. The molecule has 1 aromatic rings. The van der Waals surface area contributed by atoms with Gasteiger partial charge in [-0.05, 0) is 43.5 Å². The first-order valence-corrected chi connectivity index (χ1v) is 8.78. The van der Waals surface area contributed by atoms with E-state index in [1.54, 1.807) is 0 Å². The summed E-state index contributed by atoms with van der Waals surface area (Å²) in [6.45, 7) is -1.64. The topological polar surface area (TPSA) is 75.3 Å². The molecular formula is C15H17F3N2O3S. The van der Waals surface area contributed by atoms with Gasteiger partial charge in [0.15, 0.2) is 0 Å². The molecule has 0 aliphatic heterocycles. The Morgan fingerprint density at radius 1 is 1.17 bits per heavy atom. The first-order valence-electron chi connectivity index (χ1n) is 7.30. The third-order valence-corrected chi connectivity index (χ3v) is 4.95. The Hall–Kier alpha value is -1.87. The monoisotopic (exact) mass is 362 g/mol. The van der Waals surface area contributed by atoms with Crippen LogP contribution >= 0.6 is 0 Å². The molecule has 2 rings (SSSR count). The van der Waals surface area contributed by atoms with E-state index < -0.39 is 22.7 Å². The number of carbonyl (C=O) groups excluding carboxylic acids is 1. The van der Waals surface area contributed by atoms with Crippen LogP contribution in [-0.2, 0) is 14.8 Å². The molecule has 5 nitrogen and oxygen atoms in total. The van der Waals surface area contributed by atoms with Crippen molar-refractivity contribution in [2.24, 2.45) is 5.92 Å². The van der Waals surface area contributed by atoms with Crippen molar-refractivity contribution in [3.8, 4) is 0 Å². The summed E-state index contributed by atoms with van der Waals surface area (Å²) in [6, 6.07) is 4.99. The van der Waals surface area contributed by atoms with Crippen LogP contribution in [0.5, 0.6) is 0 Å². The lowest BCUT2D eigenvalue weighted by Gasteiger charge is -2.17. The fraction of sp³-hybridized carbons (Fsp3) is 0.400. The second-order valence-electron chi connectivity index (χ2n) is 5.43. The number of anilines is 1. The van der Waals surface area contributed by atoms with Crippen molar-refractivity contribution in [3.63, 3.8) is 0 Å². The number of carbonyl (C=O) groups is 1. The summed E-state index contributed by atoms with van der Waals surface area (Å²) in [6.07, 6.45) is 1.55. The number of benzene rings is 1. The van der Waals surface area contributed by atoms with Crippen molar-refractivity contribution in [2.45, 2.75) is 30.3 Å². The molecule has 1 unspecified atom stereocenters. The lowest BCUT2D eigenvalue weighted by Crippen LogP contribution is -2.33. The normalized spacial score (nSPS) is 18.4. The van der Waals surface area contributed by atoms with Crippen LogP contribution < -0.4 is 10.0 Å². The number of alkyl halides is 3. The Morgan fingerprint density at radius 2 is 1.83 bits per heavy atom. The van der Waals surface area contributed by atoms with Gasteiger partial charge in [-0.3, -0.25) is 4.79 Å². The van der Waals surface area contributed by atoms with Gasteiger partial charge in [0.25, 0.3) is 0 Å². The fourth-order valence-electron chi connectivity index (χ4n) is 2.25. The van der Waals surface area contributed by atoms with Gasteiger partial charge >= 0.3 is 6.18 Å². The number of allylic oxidation sites excluding steroid dienone is 2. The third-order valence-electron chi connectivity index (χ3n) is 3.53. The molecule has 1 aromatic carbocycles. The molecule has 0 aromatic heterocycles. The van der Waals surface area contributed by atoms with E-state index in [1.165, 1.54) is 16.9 Å². The maximum absolute atomic E-state index is 12.1. The van der Waals surface area contributed by atoms with Gasteiger partial charge in [-0.1, -0.05) is 12.2 Å².